The molecule has 0 aromatic heterocycles. The molecule has 1 rings (SSSR count). The van der Waals surface area contributed by atoms with Gasteiger partial charge in [-0.25, -0.2) is 0 Å². The number of nitrogens with one attached hydrogen (secondary N) is 1. The summed E-state index contributed by atoms with van der Waals surface area (Å²) in [6.45, 7) is 6.65. The number of hydrogen-bond donors (Lipinski definition) is 1. The summed E-state index contributed by atoms with van der Waals surface area (Å²) in [5.74, 6) is 0. The maximum Gasteiger partial charge on any atom is 0.0700 e. The first-order valence-electron chi connectivity index (χ1n) is 3.55. The van der Waals surface area contributed by atoms with Crippen LogP contribution in [0.4, 0.5) is 0 Å². The molecule has 1 heterocycles. The molecule has 1 atom stereocenters. The Balaban J connectivity index is 2.08. The van der Waals surface area contributed by atoms with Gasteiger partial charge in [-0.15, -0.1) is 0 Å². The van der Waals surface area contributed by atoms with E-state index < -0.39 is 0 Å². The van der Waals surface area contributed by atoms with Crippen LogP contribution in [-0.2, 0) is 4.74 Å². The van der Waals surface area contributed by atoms with Gasteiger partial charge in [0.1, 0.15) is 0 Å². The maximum absolute atomic E-state index is 5.42. The molecule has 0 bridgehead atoms. The molecule has 0 aromatic carbocycles. The Morgan fingerprint density at radius 3 is 3.11 bits per heavy atom. The first-order valence-corrected chi connectivity index (χ1v) is 3.55. The summed E-state index contributed by atoms with van der Waals surface area (Å²) in [7, 11) is 0. The Hall–Kier alpha value is -0.0800. The molecule has 9 heavy (non-hydrogen) atoms. The Kier molecular flexibility index (Phi) is 3.01. The van der Waals surface area contributed by atoms with Gasteiger partial charge in [0.05, 0.1) is 12.7 Å². The van der Waals surface area contributed by atoms with Crippen LogP contribution in [-0.4, -0.2) is 25.8 Å². The van der Waals surface area contributed by atoms with E-state index in [9.17, 15) is 0 Å². The molecule has 2 heteroatoms. The monoisotopic (exact) mass is 128 g/mol. The van der Waals surface area contributed by atoms with Gasteiger partial charge in [0.25, 0.3) is 0 Å². The van der Waals surface area contributed by atoms with Crippen LogP contribution in [0.5, 0.6) is 0 Å². The average Bonchev–Trinajstić information content (AvgIpc) is 1.91. The summed E-state index contributed by atoms with van der Waals surface area (Å²) < 4.78 is 5.42. The third-order valence-corrected chi connectivity index (χ3v) is 1.53. The standard InChI is InChI=1S/C7H14NO/c1-2-3-7-6-8-4-5-9-7/h7-8H,1-6H2. The summed E-state index contributed by atoms with van der Waals surface area (Å²) in [5.41, 5.74) is 0. The molecule has 1 aliphatic heterocycles. The number of rotatable bonds is 2. The van der Waals surface area contributed by atoms with Crippen LogP contribution in [0.2, 0.25) is 0 Å². The van der Waals surface area contributed by atoms with Gasteiger partial charge in [0.15, 0.2) is 0 Å². The highest BCUT2D eigenvalue weighted by molar-refractivity contribution is 4.66. The van der Waals surface area contributed by atoms with E-state index >= 15 is 0 Å². The van der Waals surface area contributed by atoms with Crippen molar-refractivity contribution in [2.24, 2.45) is 0 Å². The molecule has 1 aliphatic rings. The molecule has 2 nitrogen and oxygen atoms in total. The van der Waals surface area contributed by atoms with E-state index in [0.717, 1.165) is 32.5 Å². The molecule has 0 saturated carbocycles. The van der Waals surface area contributed by atoms with E-state index in [1.807, 2.05) is 0 Å². The molecule has 1 unspecified atom stereocenters. The zero-order valence-corrected chi connectivity index (χ0v) is 5.73. The van der Waals surface area contributed by atoms with Gasteiger partial charge in [-0.1, -0.05) is 13.3 Å². The normalized spacial score (nSPS) is 28.3. The van der Waals surface area contributed by atoms with Gasteiger partial charge in [-0.3, -0.25) is 0 Å². The minimum absolute atomic E-state index is 0.427. The third-order valence-electron chi connectivity index (χ3n) is 1.53. The molecule has 53 valence electrons. The van der Waals surface area contributed by atoms with Gasteiger partial charge in [-0.2, -0.15) is 0 Å². The molecule has 1 saturated heterocycles. The predicted octanol–water partition coefficient (Wildman–Crippen LogP) is 0.589. The molecule has 1 radical (unpaired) electrons. The second kappa shape index (κ2) is 3.85. The number of hydrogen-bond acceptors (Lipinski definition) is 2. The lowest BCUT2D eigenvalue weighted by atomic mass is 10.2. The van der Waals surface area contributed by atoms with Crippen LogP contribution >= 0.6 is 0 Å². The van der Waals surface area contributed by atoms with Crippen molar-refractivity contribution in [1.29, 1.82) is 0 Å². The van der Waals surface area contributed by atoms with Crippen molar-refractivity contribution >= 4 is 0 Å². The van der Waals surface area contributed by atoms with Crippen LogP contribution in [0.3, 0.4) is 0 Å². The molecule has 1 fully saturated rings. The molecule has 0 aliphatic carbocycles. The largest absolute Gasteiger partial charge is 0.376 e. The Morgan fingerprint density at radius 1 is 1.67 bits per heavy atom. The van der Waals surface area contributed by atoms with E-state index in [4.69, 9.17) is 4.74 Å². The SMILES string of the molecule is [CH2]CCC1CNCCO1. The minimum Gasteiger partial charge on any atom is -0.376 e. The van der Waals surface area contributed by atoms with E-state index in [1.165, 1.54) is 0 Å². The fourth-order valence-electron chi connectivity index (χ4n) is 1.03. The van der Waals surface area contributed by atoms with Crippen LogP contribution in [0, 0.1) is 6.92 Å². The highest BCUT2D eigenvalue weighted by Gasteiger charge is 2.10. The van der Waals surface area contributed by atoms with Crippen molar-refractivity contribution < 1.29 is 4.74 Å². The quantitative estimate of drug-likeness (QED) is 0.587. The number of ether oxygens (including phenoxy) is 1. The van der Waals surface area contributed by atoms with Crippen molar-refractivity contribution in [1.82, 2.24) is 5.32 Å². The maximum atomic E-state index is 5.42. The van der Waals surface area contributed by atoms with Crippen molar-refractivity contribution in [2.75, 3.05) is 19.7 Å². The van der Waals surface area contributed by atoms with Crippen LogP contribution < -0.4 is 5.32 Å². The second-order valence-corrected chi connectivity index (χ2v) is 2.34. The lowest BCUT2D eigenvalue weighted by Crippen LogP contribution is -2.38. The summed E-state index contributed by atoms with van der Waals surface area (Å²) in [5, 5.41) is 3.27. The average molecular weight is 128 g/mol. The molecule has 1 N–H and O–H groups in total. The van der Waals surface area contributed by atoms with Crippen LogP contribution in [0.15, 0.2) is 0 Å². The van der Waals surface area contributed by atoms with Crippen molar-refractivity contribution in [3.63, 3.8) is 0 Å². The van der Waals surface area contributed by atoms with E-state index in [2.05, 4.69) is 12.2 Å². The van der Waals surface area contributed by atoms with E-state index in [-0.39, 0.29) is 0 Å². The van der Waals surface area contributed by atoms with Crippen molar-refractivity contribution in [3.8, 4) is 0 Å². The Morgan fingerprint density at radius 2 is 2.56 bits per heavy atom. The summed E-state index contributed by atoms with van der Waals surface area (Å²) in [6, 6.07) is 0. The van der Waals surface area contributed by atoms with Gasteiger partial charge >= 0.3 is 0 Å². The third kappa shape index (κ3) is 2.33. The molecule has 0 spiro atoms. The lowest BCUT2D eigenvalue weighted by Gasteiger charge is -2.22. The van der Waals surface area contributed by atoms with Gasteiger partial charge in [0, 0.05) is 13.1 Å². The first kappa shape index (κ1) is 7.03. The summed E-state index contributed by atoms with van der Waals surface area (Å²) in [6.07, 6.45) is 2.50. The van der Waals surface area contributed by atoms with Crippen LogP contribution in [0.1, 0.15) is 12.8 Å². The zero-order valence-electron chi connectivity index (χ0n) is 5.73. The summed E-state index contributed by atoms with van der Waals surface area (Å²) >= 11 is 0. The Labute approximate surface area is 56.6 Å². The molecule has 0 amide bonds. The van der Waals surface area contributed by atoms with Crippen molar-refractivity contribution in [2.45, 2.75) is 18.9 Å². The first-order chi connectivity index (χ1) is 4.43. The fourth-order valence-corrected chi connectivity index (χ4v) is 1.03. The topological polar surface area (TPSA) is 21.3 Å². The van der Waals surface area contributed by atoms with Crippen LogP contribution in [0.25, 0.3) is 0 Å². The second-order valence-electron chi connectivity index (χ2n) is 2.34. The van der Waals surface area contributed by atoms with Crippen molar-refractivity contribution in [3.05, 3.63) is 6.92 Å². The fraction of sp³-hybridized carbons (Fsp3) is 0.857. The Bertz CT molecular complexity index is 66.6. The van der Waals surface area contributed by atoms with E-state index in [1.54, 1.807) is 0 Å². The highest BCUT2D eigenvalue weighted by atomic mass is 16.5. The number of morpholine rings is 1. The van der Waals surface area contributed by atoms with Gasteiger partial charge < -0.3 is 10.1 Å². The molecular formula is C7H14NO. The minimum atomic E-state index is 0.427. The molecule has 0 aromatic rings. The lowest BCUT2D eigenvalue weighted by molar-refractivity contribution is 0.0241. The summed E-state index contributed by atoms with van der Waals surface area (Å²) in [4.78, 5) is 0. The zero-order chi connectivity index (χ0) is 6.53. The van der Waals surface area contributed by atoms with Gasteiger partial charge in [-0.05, 0) is 6.42 Å². The van der Waals surface area contributed by atoms with E-state index in [0.29, 0.717) is 6.10 Å². The highest BCUT2D eigenvalue weighted by Crippen LogP contribution is 2.02. The predicted molar refractivity (Wildman–Crippen MR) is 37.2 cm³/mol. The molecular weight excluding hydrogens is 114 g/mol. The smallest absolute Gasteiger partial charge is 0.0700 e. The van der Waals surface area contributed by atoms with Gasteiger partial charge in [0.2, 0.25) is 0 Å².